The SMILES string of the molecule is CCOc1cc(C=[N+]([O-])C(C)CC)ccc1OC. The topological polar surface area (TPSA) is 44.5 Å². The first-order chi connectivity index (χ1) is 8.62. The number of hydrogen-bond acceptors (Lipinski definition) is 3. The first-order valence-electron chi connectivity index (χ1n) is 6.23. The molecule has 1 atom stereocenters. The monoisotopic (exact) mass is 251 g/mol. The number of methoxy groups -OCH3 is 1. The van der Waals surface area contributed by atoms with E-state index in [4.69, 9.17) is 9.47 Å². The van der Waals surface area contributed by atoms with Crippen molar-refractivity contribution in [1.82, 2.24) is 0 Å². The second-order valence-corrected chi connectivity index (χ2v) is 4.09. The maximum absolute atomic E-state index is 11.8. The number of hydrogen-bond donors (Lipinski definition) is 0. The predicted octanol–water partition coefficient (Wildman–Crippen LogP) is 2.82. The van der Waals surface area contributed by atoms with Crippen molar-refractivity contribution >= 4 is 6.21 Å². The summed E-state index contributed by atoms with van der Waals surface area (Å²) in [5.41, 5.74) is 0.814. The number of nitrogens with zero attached hydrogens (tertiary/aromatic N) is 1. The third-order valence-electron chi connectivity index (χ3n) is 2.79. The van der Waals surface area contributed by atoms with Gasteiger partial charge in [0.25, 0.3) is 0 Å². The highest BCUT2D eigenvalue weighted by atomic mass is 16.5. The number of benzene rings is 1. The Labute approximate surface area is 108 Å². The smallest absolute Gasteiger partial charge is 0.182 e. The maximum Gasteiger partial charge on any atom is 0.182 e. The van der Waals surface area contributed by atoms with Gasteiger partial charge in [-0.05, 0) is 32.0 Å². The standard InChI is InChI=1S/C14H21NO3/c1-5-11(3)15(16)10-12-7-8-13(17-4)14(9-12)18-6-2/h7-11H,5-6H2,1-4H3. The van der Waals surface area contributed by atoms with E-state index in [1.165, 1.54) is 0 Å². The molecule has 0 fully saturated rings. The van der Waals surface area contributed by atoms with Crippen LogP contribution in [-0.2, 0) is 0 Å². The highest BCUT2D eigenvalue weighted by Gasteiger charge is 2.08. The third kappa shape index (κ3) is 3.65. The molecule has 0 amide bonds. The van der Waals surface area contributed by atoms with Gasteiger partial charge in [-0.2, -0.15) is 0 Å². The molecule has 1 unspecified atom stereocenters. The van der Waals surface area contributed by atoms with Crippen LogP contribution in [0.15, 0.2) is 18.2 Å². The van der Waals surface area contributed by atoms with Crippen LogP contribution in [0.5, 0.6) is 11.5 Å². The minimum absolute atomic E-state index is 0.0253. The Hall–Kier alpha value is -1.71. The fourth-order valence-corrected chi connectivity index (χ4v) is 1.50. The van der Waals surface area contributed by atoms with E-state index in [0.717, 1.165) is 16.7 Å². The van der Waals surface area contributed by atoms with Gasteiger partial charge in [-0.25, -0.2) is 4.74 Å². The van der Waals surface area contributed by atoms with Crippen LogP contribution in [0.4, 0.5) is 0 Å². The van der Waals surface area contributed by atoms with E-state index in [1.54, 1.807) is 19.4 Å². The largest absolute Gasteiger partial charge is 0.624 e. The van der Waals surface area contributed by atoms with Crippen LogP contribution in [-0.4, -0.2) is 30.7 Å². The molecule has 0 spiro atoms. The normalized spacial score (nSPS) is 13.2. The Morgan fingerprint density at radius 2 is 2.06 bits per heavy atom. The minimum Gasteiger partial charge on any atom is -0.624 e. The predicted molar refractivity (Wildman–Crippen MR) is 72.7 cm³/mol. The molecular formula is C14H21NO3. The first-order valence-corrected chi connectivity index (χ1v) is 6.23. The second-order valence-electron chi connectivity index (χ2n) is 4.09. The van der Waals surface area contributed by atoms with Crippen molar-refractivity contribution in [3.8, 4) is 11.5 Å². The molecule has 100 valence electrons. The lowest BCUT2D eigenvalue weighted by Gasteiger charge is -2.12. The average molecular weight is 251 g/mol. The van der Waals surface area contributed by atoms with Crippen LogP contribution < -0.4 is 9.47 Å². The van der Waals surface area contributed by atoms with Gasteiger partial charge in [0.05, 0.1) is 13.7 Å². The van der Waals surface area contributed by atoms with Gasteiger partial charge >= 0.3 is 0 Å². The Bertz CT molecular complexity index is 416. The molecule has 1 aromatic rings. The highest BCUT2D eigenvalue weighted by Crippen LogP contribution is 2.27. The molecule has 4 heteroatoms. The Kier molecular flexibility index (Phi) is 5.49. The summed E-state index contributed by atoms with van der Waals surface area (Å²) in [6, 6.07) is 5.44. The fourth-order valence-electron chi connectivity index (χ4n) is 1.50. The van der Waals surface area contributed by atoms with E-state index in [1.807, 2.05) is 32.9 Å². The summed E-state index contributed by atoms with van der Waals surface area (Å²) in [5.74, 6) is 1.33. The lowest BCUT2D eigenvalue weighted by molar-refractivity contribution is -0.492. The van der Waals surface area contributed by atoms with Gasteiger partial charge in [-0.15, -0.1) is 0 Å². The summed E-state index contributed by atoms with van der Waals surface area (Å²) in [7, 11) is 1.60. The summed E-state index contributed by atoms with van der Waals surface area (Å²) >= 11 is 0. The van der Waals surface area contributed by atoms with Gasteiger partial charge in [-0.3, -0.25) is 0 Å². The summed E-state index contributed by atoms with van der Waals surface area (Å²) in [4.78, 5) is 0. The second kappa shape index (κ2) is 6.89. The Morgan fingerprint density at radius 3 is 2.61 bits per heavy atom. The van der Waals surface area contributed by atoms with E-state index in [0.29, 0.717) is 18.1 Å². The maximum atomic E-state index is 11.8. The van der Waals surface area contributed by atoms with Gasteiger partial charge in [0, 0.05) is 12.0 Å². The minimum atomic E-state index is -0.0253. The highest BCUT2D eigenvalue weighted by molar-refractivity contribution is 5.77. The summed E-state index contributed by atoms with van der Waals surface area (Å²) in [6.45, 7) is 6.36. The zero-order valence-corrected chi connectivity index (χ0v) is 11.5. The van der Waals surface area contributed by atoms with Crippen molar-refractivity contribution in [3.63, 3.8) is 0 Å². The lowest BCUT2D eigenvalue weighted by atomic mass is 10.2. The summed E-state index contributed by atoms with van der Waals surface area (Å²) < 4.78 is 11.6. The molecule has 0 aliphatic rings. The lowest BCUT2D eigenvalue weighted by Crippen LogP contribution is -2.17. The molecule has 0 bridgehead atoms. The molecule has 0 heterocycles. The third-order valence-corrected chi connectivity index (χ3v) is 2.79. The van der Waals surface area contributed by atoms with Gasteiger partial charge in [0.1, 0.15) is 0 Å². The fraction of sp³-hybridized carbons (Fsp3) is 0.500. The summed E-state index contributed by atoms with van der Waals surface area (Å²) in [5, 5.41) is 11.8. The van der Waals surface area contributed by atoms with Crippen molar-refractivity contribution in [2.75, 3.05) is 13.7 Å². The van der Waals surface area contributed by atoms with Crippen LogP contribution in [0.25, 0.3) is 0 Å². The van der Waals surface area contributed by atoms with Gasteiger partial charge in [0.15, 0.2) is 23.8 Å². The first kappa shape index (κ1) is 14.4. The molecule has 4 nitrogen and oxygen atoms in total. The number of ether oxygens (including phenoxy) is 2. The zero-order chi connectivity index (χ0) is 13.5. The van der Waals surface area contributed by atoms with Gasteiger partial charge in [0.2, 0.25) is 0 Å². The molecule has 0 aliphatic carbocycles. The average Bonchev–Trinajstić information content (AvgIpc) is 2.38. The van der Waals surface area contributed by atoms with Gasteiger partial charge < -0.3 is 14.7 Å². The van der Waals surface area contributed by atoms with E-state index < -0.39 is 0 Å². The van der Waals surface area contributed by atoms with Crippen LogP contribution in [0.3, 0.4) is 0 Å². The molecule has 0 saturated heterocycles. The number of hydroxylamine groups is 1. The summed E-state index contributed by atoms with van der Waals surface area (Å²) in [6.07, 6.45) is 2.39. The van der Waals surface area contributed by atoms with E-state index in [9.17, 15) is 5.21 Å². The molecule has 0 saturated carbocycles. The van der Waals surface area contributed by atoms with Crippen molar-refractivity contribution in [3.05, 3.63) is 29.0 Å². The van der Waals surface area contributed by atoms with Crippen molar-refractivity contribution < 1.29 is 14.2 Å². The molecule has 1 rings (SSSR count). The van der Waals surface area contributed by atoms with Gasteiger partial charge in [-0.1, -0.05) is 6.92 Å². The molecule has 0 radical (unpaired) electrons. The van der Waals surface area contributed by atoms with Crippen LogP contribution in [0.1, 0.15) is 32.8 Å². The Balaban J connectivity index is 3.00. The van der Waals surface area contributed by atoms with Crippen LogP contribution >= 0.6 is 0 Å². The molecular weight excluding hydrogens is 230 g/mol. The van der Waals surface area contributed by atoms with Crippen molar-refractivity contribution in [2.24, 2.45) is 0 Å². The quantitative estimate of drug-likeness (QED) is 0.338. The molecule has 0 aliphatic heterocycles. The van der Waals surface area contributed by atoms with E-state index in [-0.39, 0.29) is 6.04 Å². The van der Waals surface area contributed by atoms with Crippen LogP contribution in [0.2, 0.25) is 0 Å². The van der Waals surface area contributed by atoms with E-state index >= 15 is 0 Å². The van der Waals surface area contributed by atoms with E-state index in [2.05, 4.69) is 0 Å². The Morgan fingerprint density at radius 1 is 1.33 bits per heavy atom. The molecule has 1 aromatic carbocycles. The molecule has 0 aromatic heterocycles. The molecule has 0 N–H and O–H groups in total. The van der Waals surface area contributed by atoms with Crippen LogP contribution in [0, 0.1) is 5.21 Å². The van der Waals surface area contributed by atoms with Crippen molar-refractivity contribution in [1.29, 1.82) is 0 Å². The van der Waals surface area contributed by atoms with Crippen molar-refractivity contribution in [2.45, 2.75) is 33.2 Å². The zero-order valence-electron chi connectivity index (χ0n) is 11.5. The number of rotatable bonds is 6. The molecule has 18 heavy (non-hydrogen) atoms.